The Balaban J connectivity index is 2.09. The zero-order chi connectivity index (χ0) is 8.60. The highest BCUT2D eigenvalue weighted by molar-refractivity contribution is 4.97. The van der Waals surface area contributed by atoms with Crippen LogP contribution in [0.5, 0.6) is 0 Å². The van der Waals surface area contributed by atoms with Crippen LogP contribution in [0.3, 0.4) is 0 Å². The van der Waals surface area contributed by atoms with Crippen molar-refractivity contribution in [3.05, 3.63) is 0 Å². The van der Waals surface area contributed by atoms with Crippen molar-refractivity contribution in [2.24, 2.45) is 11.3 Å². The van der Waals surface area contributed by atoms with Gasteiger partial charge in [0.1, 0.15) is 0 Å². The van der Waals surface area contributed by atoms with Gasteiger partial charge in [-0.3, -0.25) is 0 Å². The van der Waals surface area contributed by atoms with Gasteiger partial charge in [-0.05, 0) is 38.0 Å². The van der Waals surface area contributed by atoms with Crippen LogP contribution in [0.1, 0.15) is 32.1 Å². The normalized spacial score (nSPS) is 39.8. The Morgan fingerprint density at radius 2 is 1.75 bits per heavy atom. The van der Waals surface area contributed by atoms with Gasteiger partial charge in [-0.25, -0.2) is 0 Å². The minimum atomic E-state index is 0.0463. The van der Waals surface area contributed by atoms with E-state index in [9.17, 15) is 0 Å². The van der Waals surface area contributed by atoms with Crippen LogP contribution in [0.4, 0.5) is 0 Å². The Morgan fingerprint density at radius 1 is 1.17 bits per heavy atom. The summed E-state index contributed by atoms with van der Waals surface area (Å²) in [6.07, 6.45) is 6.78. The molecule has 0 unspecified atom stereocenters. The first-order valence-electron chi connectivity index (χ1n) is 4.86. The van der Waals surface area contributed by atoms with Crippen molar-refractivity contribution in [1.29, 1.82) is 0 Å². The molecule has 0 radical (unpaired) electrons. The predicted molar refractivity (Wildman–Crippen MR) is 46.8 cm³/mol. The summed E-state index contributed by atoms with van der Waals surface area (Å²) < 4.78 is 10.8. The Morgan fingerprint density at radius 3 is 2.08 bits per heavy atom. The molecule has 0 aliphatic heterocycles. The summed E-state index contributed by atoms with van der Waals surface area (Å²) in [5.41, 5.74) is 0.383. The minimum absolute atomic E-state index is 0.0463. The molecule has 70 valence electrons. The zero-order valence-electron chi connectivity index (χ0n) is 8.01. The topological polar surface area (TPSA) is 18.5 Å². The van der Waals surface area contributed by atoms with Gasteiger partial charge in [-0.2, -0.15) is 0 Å². The molecule has 2 bridgehead atoms. The average Bonchev–Trinajstić information content (AvgIpc) is 2.66. The van der Waals surface area contributed by atoms with Crippen LogP contribution in [0.15, 0.2) is 0 Å². The monoisotopic (exact) mass is 170 g/mol. The second kappa shape index (κ2) is 3.00. The molecule has 2 aliphatic carbocycles. The average molecular weight is 170 g/mol. The van der Waals surface area contributed by atoms with Crippen molar-refractivity contribution in [3.8, 4) is 0 Å². The maximum Gasteiger partial charge on any atom is 0.162 e. The molecule has 2 heteroatoms. The van der Waals surface area contributed by atoms with Crippen molar-refractivity contribution < 1.29 is 9.47 Å². The van der Waals surface area contributed by atoms with Crippen LogP contribution < -0.4 is 0 Å². The van der Waals surface area contributed by atoms with E-state index in [1.165, 1.54) is 32.1 Å². The minimum Gasteiger partial charge on any atom is -0.355 e. The summed E-state index contributed by atoms with van der Waals surface area (Å²) in [6, 6.07) is 0. The van der Waals surface area contributed by atoms with E-state index >= 15 is 0 Å². The molecule has 2 aliphatic rings. The fraction of sp³-hybridized carbons (Fsp3) is 1.00. The SMILES string of the molecule is COC(OC)C12CCC(CC1)C2. The van der Waals surface area contributed by atoms with Crippen LogP contribution in [-0.4, -0.2) is 20.5 Å². The lowest BCUT2D eigenvalue weighted by molar-refractivity contribution is -0.175. The van der Waals surface area contributed by atoms with E-state index in [-0.39, 0.29) is 6.29 Å². The van der Waals surface area contributed by atoms with Gasteiger partial charge >= 0.3 is 0 Å². The first-order valence-corrected chi connectivity index (χ1v) is 4.86. The first kappa shape index (κ1) is 8.52. The first-order chi connectivity index (χ1) is 5.80. The van der Waals surface area contributed by atoms with E-state index in [1.54, 1.807) is 14.2 Å². The third-order valence-corrected chi connectivity index (χ3v) is 3.72. The third-order valence-electron chi connectivity index (χ3n) is 3.72. The summed E-state index contributed by atoms with van der Waals surface area (Å²) in [6.45, 7) is 0. The Bertz CT molecular complexity index is 155. The van der Waals surface area contributed by atoms with Gasteiger partial charge in [0.2, 0.25) is 0 Å². The van der Waals surface area contributed by atoms with Gasteiger partial charge in [0.15, 0.2) is 6.29 Å². The van der Waals surface area contributed by atoms with E-state index in [1.807, 2.05) is 0 Å². The standard InChI is InChI=1S/C10H18O2/c1-11-9(12-2)10-5-3-8(7-10)4-6-10/h8-9H,3-7H2,1-2H3. The Labute approximate surface area is 74.2 Å². The Kier molecular flexibility index (Phi) is 2.13. The fourth-order valence-corrected chi connectivity index (χ4v) is 3.16. The molecule has 0 aromatic rings. The van der Waals surface area contributed by atoms with Crippen LogP contribution in [0.2, 0.25) is 0 Å². The number of rotatable bonds is 3. The molecule has 2 saturated carbocycles. The molecule has 0 amide bonds. The van der Waals surface area contributed by atoms with Gasteiger partial charge < -0.3 is 9.47 Å². The number of hydrogen-bond donors (Lipinski definition) is 0. The Hall–Kier alpha value is -0.0800. The van der Waals surface area contributed by atoms with Gasteiger partial charge in [0, 0.05) is 19.6 Å². The van der Waals surface area contributed by atoms with Crippen LogP contribution >= 0.6 is 0 Å². The highest BCUT2D eigenvalue weighted by Gasteiger charge is 2.50. The molecule has 0 saturated heterocycles. The molecule has 12 heavy (non-hydrogen) atoms. The lowest BCUT2D eigenvalue weighted by atomic mass is 9.83. The zero-order valence-corrected chi connectivity index (χ0v) is 8.01. The highest BCUT2D eigenvalue weighted by Crippen LogP contribution is 2.56. The smallest absolute Gasteiger partial charge is 0.162 e. The second-order valence-electron chi connectivity index (χ2n) is 4.31. The predicted octanol–water partition coefficient (Wildman–Crippen LogP) is 2.19. The molecule has 0 aromatic carbocycles. The number of fused-ring (bicyclic) bond motifs is 2. The van der Waals surface area contributed by atoms with Gasteiger partial charge in [-0.15, -0.1) is 0 Å². The van der Waals surface area contributed by atoms with E-state index < -0.39 is 0 Å². The summed E-state index contributed by atoms with van der Waals surface area (Å²) >= 11 is 0. The van der Waals surface area contributed by atoms with Crippen LogP contribution in [0, 0.1) is 11.3 Å². The van der Waals surface area contributed by atoms with Crippen LogP contribution in [0.25, 0.3) is 0 Å². The number of ether oxygens (including phenoxy) is 2. The molecule has 0 N–H and O–H groups in total. The fourth-order valence-electron chi connectivity index (χ4n) is 3.16. The summed E-state index contributed by atoms with van der Waals surface area (Å²) in [7, 11) is 3.52. The maximum atomic E-state index is 5.38. The van der Waals surface area contributed by atoms with E-state index in [2.05, 4.69) is 0 Å². The molecular formula is C10H18O2. The summed E-state index contributed by atoms with van der Waals surface area (Å²) in [4.78, 5) is 0. The van der Waals surface area contributed by atoms with Crippen molar-refractivity contribution in [2.75, 3.05) is 14.2 Å². The molecule has 0 heterocycles. The van der Waals surface area contributed by atoms with Crippen molar-refractivity contribution in [3.63, 3.8) is 0 Å². The summed E-state index contributed by atoms with van der Waals surface area (Å²) in [5.74, 6) is 0.970. The molecular weight excluding hydrogens is 152 g/mol. The van der Waals surface area contributed by atoms with Gasteiger partial charge in [0.05, 0.1) is 0 Å². The van der Waals surface area contributed by atoms with Gasteiger partial charge in [-0.1, -0.05) is 0 Å². The van der Waals surface area contributed by atoms with E-state index in [0.29, 0.717) is 5.41 Å². The highest BCUT2D eigenvalue weighted by atomic mass is 16.7. The molecule has 2 nitrogen and oxygen atoms in total. The summed E-state index contributed by atoms with van der Waals surface area (Å²) in [5, 5.41) is 0. The second-order valence-corrected chi connectivity index (χ2v) is 4.31. The molecule has 0 atom stereocenters. The number of hydrogen-bond acceptors (Lipinski definition) is 2. The third kappa shape index (κ3) is 1.09. The lowest BCUT2D eigenvalue weighted by Gasteiger charge is -2.33. The van der Waals surface area contributed by atoms with E-state index in [0.717, 1.165) is 5.92 Å². The van der Waals surface area contributed by atoms with E-state index in [4.69, 9.17) is 9.47 Å². The van der Waals surface area contributed by atoms with Gasteiger partial charge in [0.25, 0.3) is 0 Å². The molecule has 0 spiro atoms. The van der Waals surface area contributed by atoms with Crippen molar-refractivity contribution >= 4 is 0 Å². The number of methoxy groups -OCH3 is 2. The van der Waals surface area contributed by atoms with Crippen LogP contribution in [-0.2, 0) is 9.47 Å². The molecule has 0 aromatic heterocycles. The maximum absolute atomic E-state index is 5.38. The lowest BCUT2D eigenvalue weighted by Crippen LogP contribution is -2.34. The largest absolute Gasteiger partial charge is 0.355 e. The van der Waals surface area contributed by atoms with Crippen molar-refractivity contribution in [1.82, 2.24) is 0 Å². The molecule has 2 rings (SSSR count). The quantitative estimate of drug-likeness (QED) is 0.604. The van der Waals surface area contributed by atoms with Crippen molar-refractivity contribution in [2.45, 2.75) is 38.4 Å². The molecule has 2 fully saturated rings.